The number of aromatic nitrogens is 5. The number of hydrogen-bond acceptors (Lipinski definition) is 9. The van der Waals surface area contributed by atoms with Crippen molar-refractivity contribution in [3.8, 4) is 0 Å². The van der Waals surface area contributed by atoms with Crippen molar-refractivity contribution in [3.05, 3.63) is 26.8 Å². The van der Waals surface area contributed by atoms with Crippen LogP contribution in [0.4, 0.5) is 5.82 Å². The first-order valence-electron chi connectivity index (χ1n) is 5.28. The van der Waals surface area contributed by atoms with Crippen LogP contribution in [0, 0.1) is 0 Å². The first kappa shape index (κ1) is 14.6. The molecule has 20 heavy (non-hydrogen) atoms. The maximum Gasteiger partial charge on any atom is 0.339 e. The van der Waals surface area contributed by atoms with E-state index in [9.17, 15) is 9.59 Å². The lowest BCUT2D eigenvalue weighted by molar-refractivity contribution is 0.596. The summed E-state index contributed by atoms with van der Waals surface area (Å²) in [7, 11) is 1.58. The van der Waals surface area contributed by atoms with Crippen LogP contribution in [0.1, 0.15) is 0 Å². The molecule has 0 aliphatic carbocycles. The fourth-order valence-corrected chi connectivity index (χ4v) is 2.50. The topological polar surface area (TPSA) is 132 Å². The Morgan fingerprint density at radius 2 is 2.10 bits per heavy atom. The molecule has 0 aromatic carbocycles. The molecule has 0 saturated carbocycles. The third-order valence-corrected chi connectivity index (χ3v) is 3.67. The average Bonchev–Trinajstić information content (AvgIpc) is 2.44. The summed E-state index contributed by atoms with van der Waals surface area (Å²) < 4.78 is 1.35. The van der Waals surface area contributed by atoms with Gasteiger partial charge in [0.05, 0.1) is 0 Å². The summed E-state index contributed by atoms with van der Waals surface area (Å²) in [6.07, 6.45) is 1.83. The van der Waals surface area contributed by atoms with Crippen LogP contribution in [-0.2, 0) is 7.05 Å². The minimum atomic E-state index is -0.845. The second-order valence-corrected chi connectivity index (χ2v) is 5.28. The lowest BCUT2D eigenvalue weighted by Gasteiger charge is -2.07. The number of rotatable bonds is 4. The lowest BCUT2D eigenvalue weighted by atomic mass is 10.6. The van der Waals surface area contributed by atoms with Gasteiger partial charge >= 0.3 is 11.1 Å². The number of thioether (sulfide) groups is 1. The van der Waals surface area contributed by atoms with E-state index in [-0.39, 0.29) is 0 Å². The van der Waals surface area contributed by atoms with E-state index >= 15 is 0 Å². The summed E-state index contributed by atoms with van der Waals surface area (Å²) in [5.41, 5.74) is 0.823. The molecule has 0 aliphatic rings. The Labute approximate surface area is 121 Å². The SMILES string of the molecule is CSc1nc(NN)cc(Sc2nc(=O)c(=O)[nH]n2C)n1. The van der Waals surface area contributed by atoms with Gasteiger partial charge in [0.25, 0.3) is 0 Å². The normalized spacial score (nSPS) is 10.6. The van der Waals surface area contributed by atoms with E-state index in [1.54, 1.807) is 13.1 Å². The molecule has 2 aromatic rings. The molecule has 106 valence electrons. The monoisotopic (exact) mass is 313 g/mol. The summed E-state index contributed by atoms with van der Waals surface area (Å²) in [5, 5.41) is 3.74. The Morgan fingerprint density at radius 1 is 1.35 bits per heavy atom. The van der Waals surface area contributed by atoms with E-state index in [1.807, 2.05) is 6.26 Å². The lowest BCUT2D eigenvalue weighted by Crippen LogP contribution is -2.33. The predicted octanol–water partition coefficient (Wildman–Crippen LogP) is -0.583. The molecular weight excluding hydrogens is 302 g/mol. The van der Waals surface area contributed by atoms with Crippen LogP contribution in [0.3, 0.4) is 0 Å². The minimum Gasteiger partial charge on any atom is -0.308 e. The highest BCUT2D eigenvalue weighted by atomic mass is 32.2. The number of hydrogen-bond donors (Lipinski definition) is 3. The zero-order valence-corrected chi connectivity index (χ0v) is 12.2. The van der Waals surface area contributed by atoms with E-state index in [2.05, 4.69) is 25.5 Å². The van der Waals surface area contributed by atoms with Gasteiger partial charge < -0.3 is 5.43 Å². The molecule has 9 nitrogen and oxygen atoms in total. The van der Waals surface area contributed by atoms with Gasteiger partial charge in [-0.2, -0.15) is 4.98 Å². The van der Waals surface area contributed by atoms with Crippen molar-refractivity contribution in [3.63, 3.8) is 0 Å². The number of nitrogens with one attached hydrogen (secondary N) is 2. The van der Waals surface area contributed by atoms with Crippen LogP contribution in [0.5, 0.6) is 0 Å². The molecule has 4 N–H and O–H groups in total. The Bertz CT molecular complexity index is 720. The van der Waals surface area contributed by atoms with E-state index < -0.39 is 11.1 Å². The highest BCUT2D eigenvalue weighted by Gasteiger charge is 2.10. The standard InChI is InChI=1S/C9H11N7O2S2/c1-16-9(13-6(17)7(18)15-16)20-5-3-4(14-10)11-8(12-5)19-2/h3H,10H2,1-2H3,(H,15,18)(H,11,12,14). The number of anilines is 1. The number of aromatic amines is 1. The van der Waals surface area contributed by atoms with E-state index in [0.717, 1.165) is 11.8 Å². The number of H-pyrrole nitrogens is 1. The maximum atomic E-state index is 11.3. The molecule has 0 atom stereocenters. The molecule has 0 aliphatic heterocycles. The summed E-state index contributed by atoms with van der Waals surface area (Å²) in [6.45, 7) is 0. The second kappa shape index (κ2) is 6.07. The number of hydrazine groups is 1. The number of nitrogens with zero attached hydrogens (tertiary/aromatic N) is 4. The van der Waals surface area contributed by atoms with E-state index in [0.29, 0.717) is 21.2 Å². The summed E-state index contributed by atoms with van der Waals surface area (Å²) in [5.74, 6) is 5.78. The first-order valence-corrected chi connectivity index (χ1v) is 7.32. The van der Waals surface area contributed by atoms with Crippen molar-refractivity contribution in [2.45, 2.75) is 15.3 Å². The molecule has 11 heteroatoms. The highest BCUT2D eigenvalue weighted by Crippen LogP contribution is 2.25. The van der Waals surface area contributed by atoms with Gasteiger partial charge in [-0.3, -0.25) is 19.4 Å². The third-order valence-electron chi connectivity index (χ3n) is 2.16. The Morgan fingerprint density at radius 3 is 2.75 bits per heavy atom. The molecule has 0 spiro atoms. The van der Waals surface area contributed by atoms with Gasteiger partial charge in [-0.1, -0.05) is 11.8 Å². The minimum absolute atomic E-state index is 0.309. The number of nitrogens with two attached hydrogens (primary N) is 1. The van der Waals surface area contributed by atoms with Crippen LogP contribution < -0.4 is 22.4 Å². The summed E-state index contributed by atoms with van der Waals surface area (Å²) in [4.78, 5) is 34.5. The van der Waals surface area contributed by atoms with Crippen LogP contribution in [0.15, 0.2) is 31.0 Å². The first-order chi connectivity index (χ1) is 9.53. The predicted molar refractivity (Wildman–Crippen MR) is 75.8 cm³/mol. The molecule has 2 aromatic heterocycles. The quantitative estimate of drug-likeness (QED) is 0.169. The van der Waals surface area contributed by atoms with Crippen LogP contribution >= 0.6 is 23.5 Å². The molecule has 0 fully saturated rings. The Kier molecular flexibility index (Phi) is 4.42. The second-order valence-electron chi connectivity index (χ2n) is 3.52. The smallest absolute Gasteiger partial charge is 0.308 e. The van der Waals surface area contributed by atoms with Crippen molar-refractivity contribution in [1.82, 2.24) is 24.7 Å². The van der Waals surface area contributed by atoms with Crippen molar-refractivity contribution in [2.24, 2.45) is 12.9 Å². The molecule has 0 amide bonds. The zero-order valence-electron chi connectivity index (χ0n) is 10.6. The van der Waals surface area contributed by atoms with Gasteiger partial charge in [0.2, 0.25) is 0 Å². The zero-order chi connectivity index (χ0) is 14.7. The van der Waals surface area contributed by atoms with Crippen LogP contribution in [-0.4, -0.2) is 31.0 Å². The third kappa shape index (κ3) is 3.18. The van der Waals surface area contributed by atoms with E-state index in [1.165, 1.54) is 16.4 Å². The summed E-state index contributed by atoms with van der Waals surface area (Å²) >= 11 is 2.47. The highest BCUT2D eigenvalue weighted by molar-refractivity contribution is 7.99. The van der Waals surface area contributed by atoms with Gasteiger partial charge in [0.15, 0.2) is 10.3 Å². The fraction of sp³-hybridized carbons (Fsp3) is 0.222. The molecule has 0 unspecified atom stereocenters. The number of aryl methyl sites for hydroxylation is 1. The van der Waals surface area contributed by atoms with Crippen molar-refractivity contribution in [1.29, 1.82) is 0 Å². The van der Waals surface area contributed by atoms with Crippen molar-refractivity contribution < 1.29 is 0 Å². The molecule has 2 rings (SSSR count). The molecule has 2 heterocycles. The Hall–Kier alpha value is -1.85. The molecule has 0 radical (unpaired) electrons. The van der Waals surface area contributed by atoms with Gasteiger partial charge in [-0.25, -0.2) is 15.8 Å². The summed E-state index contributed by atoms with van der Waals surface area (Å²) in [6, 6.07) is 1.61. The van der Waals surface area contributed by atoms with Gasteiger partial charge in [-0.05, 0) is 18.0 Å². The van der Waals surface area contributed by atoms with Gasteiger partial charge in [0, 0.05) is 13.1 Å². The Balaban J connectivity index is 2.41. The molecule has 0 bridgehead atoms. The molecule has 0 saturated heterocycles. The van der Waals surface area contributed by atoms with Crippen molar-refractivity contribution >= 4 is 29.3 Å². The maximum absolute atomic E-state index is 11.3. The van der Waals surface area contributed by atoms with Gasteiger partial charge in [0.1, 0.15) is 10.8 Å². The van der Waals surface area contributed by atoms with E-state index in [4.69, 9.17) is 5.84 Å². The fourth-order valence-electron chi connectivity index (χ4n) is 1.27. The van der Waals surface area contributed by atoms with Crippen LogP contribution in [0.25, 0.3) is 0 Å². The molecular formula is C9H11N7O2S2. The van der Waals surface area contributed by atoms with Crippen molar-refractivity contribution in [2.75, 3.05) is 11.7 Å². The van der Waals surface area contributed by atoms with Crippen LogP contribution in [0.2, 0.25) is 0 Å². The average molecular weight is 313 g/mol. The number of nitrogen functional groups attached to an aromatic ring is 1. The van der Waals surface area contributed by atoms with Gasteiger partial charge in [-0.15, -0.1) is 0 Å². The largest absolute Gasteiger partial charge is 0.339 e.